The van der Waals surface area contributed by atoms with Gasteiger partial charge in [0.05, 0.1) is 0 Å². The Labute approximate surface area is 68.5 Å². The van der Waals surface area contributed by atoms with Gasteiger partial charge in [0.25, 0.3) is 0 Å². The lowest BCUT2D eigenvalue weighted by Crippen LogP contribution is -2.06. The lowest BCUT2D eigenvalue weighted by Gasteiger charge is -2.21. The van der Waals surface area contributed by atoms with Gasteiger partial charge in [0.2, 0.25) is 0 Å². The average Bonchev–Trinajstić information content (AvgIpc) is 2.03. The quantitative estimate of drug-likeness (QED) is 0.417. The Bertz CT molecular complexity index is 179. The number of carbonyl (C=O) groups excluding carboxylic acids is 1. The van der Waals surface area contributed by atoms with Gasteiger partial charge in [-0.3, -0.25) is 4.79 Å². The molecule has 1 heteroatoms. The van der Waals surface area contributed by atoms with Crippen molar-refractivity contribution in [2.75, 3.05) is 0 Å². The molecule has 1 fully saturated rings. The number of aldehydes is 1. The van der Waals surface area contributed by atoms with Gasteiger partial charge in [0.1, 0.15) is 6.29 Å². The Balaban J connectivity index is 2.65. The average molecular weight is 152 g/mol. The molecule has 1 aliphatic rings. The van der Waals surface area contributed by atoms with Crippen LogP contribution in [0.3, 0.4) is 0 Å². The van der Waals surface area contributed by atoms with Crippen LogP contribution >= 0.6 is 0 Å². The molecule has 0 amide bonds. The zero-order valence-electron chi connectivity index (χ0n) is 7.39. The smallest absolute Gasteiger partial charge is 0.145 e. The summed E-state index contributed by atoms with van der Waals surface area (Å²) in [6.45, 7) is 4.19. The van der Waals surface area contributed by atoms with Crippen molar-refractivity contribution < 1.29 is 4.79 Å². The summed E-state index contributed by atoms with van der Waals surface area (Å²) in [6, 6.07) is 0. The summed E-state index contributed by atoms with van der Waals surface area (Å²) >= 11 is 0. The summed E-state index contributed by atoms with van der Waals surface area (Å²) in [7, 11) is 0. The third-order valence-electron chi connectivity index (χ3n) is 2.50. The van der Waals surface area contributed by atoms with Crippen LogP contribution in [0.5, 0.6) is 0 Å². The SMILES string of the molecule is CC(C=O)=C1CCCC(C)C1. The van der Waals surface area contributed by atoms with Gasteiger partial charge in [-0.05, 0) is 37.7 Å². The maximum atomic E-state index is 10.5. The van der Waals surface area contributed by atoms with Crippen LogP contribution in [0.25, 0.3) is 0 Å². The molecular weight excluding hydrogens is 136 g/mol. The Morgan fingerprint density at radius 1 is 1.64 bits per heavy atom. The first-order valence-electron chi connectivity index (χ1n) is 4.38. The summed E-state index contributed by atoms with van der Waals surface area (Å²) in [4.78, 5) is 10.5. The predicted molar refractivity (Wildman–Crippen MR) is 46.4 cm³/mol. The molecule has 0 saturated heterocycles. The van der Waals surface area contributed by atoms with E-state index in [-0.39, 0.29) is 0 Å². The fourth-order valence-electron chi connectivity index (χ4n) is 1.73. The Morgan fingerprint density at radius 2 is 2.36 bits per heavy atom. The second-order valence-electron chi connectivity index (χ2n) is 3.61. The standard InChI is InChI=1S/C10H16O/c1-8-4-3-5-10(6-8)9(2)7-11/h7-8H,3-6H2,1-2H3. The fourth-order valence-corrected chi connectivity index (χ4v) is 1.73. The largest absolute Gasteiger partial charge is 0.298 e. The van der Waals surface area contributed by atoms with Gasteiger partial charge in [-0.1, -0.05) is 18.9 Å². The molecule has 62 valence electrons. The Morgan fingerprint density at radius 3 is 2.91 bits per heavy atom. The first-order valence-corrected chi connectivity index (χ1v) is 4.38. The highest BCUT2D eigenvalue weighted by molar-refractivity contribution is 5.73. The van der Waals surface area contributed by atoms with Crippen LogP contribution in [0.4, 0.5) is 0 Å². The minimum absolute atomic E-state index is 0.786. The first-order chi connectivity index (χ1) is 5.24. The van der Waals surface area contributed by atoms with Gasteiger partial charge in [-0.25, -0.2) is 0 Å². The maximum Gasteiger partial charge on any atom is 0.145 e. The second kappa shape index (κ2) is 3.70. The Kier molecular flexibility index (Phi) is 2.86. The lowest BCUT2D eigenvalue weighted by molar-refractivity contribution is -0.104. The van der Waals surface area contributed by atoms with Crippen molar-refractivity contribution in [3.63, 3.8) is 0 Å². The molecule has 1 rings (SSSR count). The van der Waals surface area contributed by atoms with Crippen molar-refractivity contribution in [2.45, 2.75) is 39.5 Å². The van der Waals surface area contributed by atoms with Gasteiger partial charge in [-0.15, -0.1) is 0 Å². The van der Waals surface area contributed by atoms with E-state index in [2.05, 4.69) is 6.92 Å². The summed E-state index contributed by atoms with van der Waals surface area (Å²) in [6.07, 6.45) is 5.88. The van der Waals surface area contributed by atoms with E-state index in [1.807, 2.05) is 6.92 Å². The van der Waals surface area contributed by atoms with Crippen molar-refractivity contribution in [3.8, 4) is 0 Å². The van der Waals surface area contributed by atoms with Crippen LogP contribution in [0.2, 0.25) is 0 Å². The van der Waals surface area contributed by atoms with Gasteiger partial charge in [0.15, 0.2) is 0 Å². The third kappa shape index (κ3) is 2.18. The number of allylic oxidation sites excluding steroid dienone is 2. The number of hydrogen-bond donors (Lipinski definition) is 0. The van der Waals surface area contributed by atoms with Crippen molar-refractivity contribution in [1.82, 2.24) is 0 Å². The monoisotopic (exact) mass is 152 g/mol. The molecule has 1 nitrogen and oxygen atoms in total. The van der Waals surface area contributed by atoms with Gasteiger partial charge < -0.3 is 0 Å². The molecule has 11 heavy (non-hydrogen) atoms. The van der Waals surface area contributed by atoms with E-state index in [4.69, 9.17) is 0 Å². The molecule has 1 unspecified atom stereocenters. The van der Waals surface area contributed by atoms with Crippen molar-refractivity contribution in [2.24, 2.45) is 5.92 Å². The van der Waals surface area contributed by atoms with Crippen molar-refractivity contribution in [3.05, 3.63) is 11.1 Å². The molecule has 0 bridgehead atoms. The van der Waals surface area contributed by atoms with Crippen LogP contribution in [0.1, 0.15) is 39.5 Å². The molecule has 0 spiro atoms. The topological polar surface area (TPSA) is 17.1 Å². The molecule has 0 aromatic heterocycles. The second-order valence-corrected chi connectivity index (χ2v) is 3.61. The van der Waals surface area contributed by atoms with Gasteiger partial charge >= 0.3 is 0 Å². The number of hydrogen-bond acceptors (Lipinski definition) is 1. The number of rotatable bonds is 1. The summed E-state index contributed by atoms with van der Waals surface area (Å²) < 4.78 is 0. The van der Waals surface area contributed by atoms with E-state index in [1.54, 1.807) is 0 Å². The van der Waals surface area contributed by atoms with Crippen LogP contribution < -0.4 is 0 Å². The molecule has 0 aliphatic heterocycles. The highest BCUT2D eigenvalue weighted by atomic mass is 16.1. The minimum Gasteiger partial charge on any atom is -0.298 e. The van der Waals surface area contributed by atoms with E-state index in [0.717, 1.165) is 30.6 Å². The van der Waals surface area contributed by atoms with E-state index >= 15 is 0 Å². The zero-order chi connectivity index (χ0) is 8.27. The zero-order valence-corrected chi connectivity index (χ0v) is 7.39. The van der Waals surface area contributed by atoms with E-state index in [1.165, 1.54) is 18.4 Å². The fraction of sp³-hybridized carbons (Fsp3) is 0.700. The van der Waals surface area contributed by atoms with Crippen molar-refractivity contribution in [1.29, 1.82) is 0 Å². The van der Waals surface area contributed by atoms with E-state index in [0.29, 0.717) is 0 Å². The van der Waals surface area contributed by atoms with Gasteiger partial charge in [-0.2, -0.15) is 0 Å². The van der Waals surface area contributed by atoms with Crippen molar-refractivity contribution >= 4 is 6.29 Å². The molecule has 0 aromatic carbocycles. The van der Waals surface area contributed by atoms with Crippen LogP contribution in [-0.4, -0.2) is 6.29 Å². The highest BCUT2D eigenvalue weighted by Crippen LogP contribution is 2.29. The molecule has 1 atom stereocenters. The summed E-state index contributed by atoms with van der Waals surface area (Å²) in [5.74, 6) is 0.786. The third-order valence-corrected chi connectivity index (χ3v) is 2.50. The van der Waals surface area contributed by atoms with Crippen LogP contribution in [-0.2, 0) is 4.79 Å². The molecular formula is C10H16O. The summed E-state index contributed by atoms with van der Waals surface area (Å²) in [5, 5.41) is 0. The molecule has 0 aromatic rings. The Hall–Kier alpha value is -0.590. The molecule has 0 radical (unpaired) electrons. The molecule has 1 saturated carbocycles. The molecule has 0 heterocycles. The van der Waals surface area contributed by atoms with Gasteiger partial charge in [0, 0.05) is 0 Å². The predicted octanol–water partition coefficient (Wildman–Crippen LogP) is 2.71. The minimum atomic E-state index is 0.786. The van der Waals surface area contributed by atoms with E-state index in [9.17, 15) is 4.79 Å². The maximum absolute atomic E-state index is 10.5. The lowest BCUT2D eigenvalue weighted by atomic mass is 9.85. The first kappa shape index (κ1) is 8.51. The normalized spacial score (nSPS) is 29.8. The van der Waals surface area contributed by atoms with Crippen LogP contribution in [0.15, 0.2) is 11.1 Å². The molecule has 1 aliphatic carbocycles. The van der Waals surface area contributed by atoms with Crippen LogP contribution in [0, 0.1) is 5.92 Å². The number of carbonyl (C=O) groups is 1. The highest BCUT2D eigenvalue weighted by Gasteiger charge is 2.13. The summed E-state index contributed by atoms with van der Waals surface area (Å²) in [5.41, 5.74) is 2.36. The molecule has 0 N–H and O–H groups in total. The van der Waals surface area contributed by atoms with E-state index < -0.39 is 0 Å².